The predicted octanol–water partition coefficient (Wildman–Crippen LogP) is 5.88. The largest absolute Gasteiger partial charge is 0.373 e. The Bertz CT molecular complexity index is 1210. The van der Waals surface area contributed by atoms with E-state index in [4.69, 9.17) is 0 Å². The van der Waals surface area contributed by atoms with Crippen LogP contribution in [0.4, 0.5) is 10.2 Å². The second kappa shape index (κ2) is 10.4. The zero-order chi connectivity index (χ0) is 23.2. The third-order valence-electron chi connectivity index (χ3n) is 6.08. The molecule has 1 aliphatic rings. The van der Waals surface area contributed by atoms with Crippen LogP contribution in [-0.2, 0) is 0 Å². The smallest absolute Gasteiger partial charge is 0.126 e. The van der Waals surface area contributed by atoms with Gasteiger partial charge in [0.15, 0.2) is 0 Å². The molecule has 0 saturated carbocycles. The molecule has 5 nitrogen and oxygen atoms in total. The van der Waals surface area contributed by atoms with Gasteiger partial charge in [-0.1, -0.05) is 36.9 Å². The van der Waals surface area contributed by atoms with Crippen LogP contribution in [-0.4, -0.2) is 46.8 Å². The van der Waals surface area contributed by atoms with Gasteiger partial charge in [0.25, 0.3) is 0 Å². The first-order valence-electron chi connectivity index (χ1n) is 11.2. The lowest BCUT2D eigenvalue weighted by Gasteiger charge is -2.28. The van der Waals surface area contributed by atoms with Gasteiger partial charge >= 0.3 is 0 Å². The molecule has 0 atom stereocenters. The summed E-state index contributed by atoms with van der Waals surface area (Å²) < 4.78 is 14.3. The summed E-state index contributed by atoms with van der Waals surface area (Å²) in [5, 5.41) is 10.1. The average Bonchev–Trinajstić information content (AvgIpc) is 3.35. The van der Waals surface area contributed by atoms with Crippen LogP contribution in [0.2, 0.25) is 0 Å². The summed E-state index contributed by atoms with van der Waals surface area (Å²) in [5.74, 6) is 0.683. The van der Waals surface area contributed by atoms with Gasteiger partial charge < -0.3 is 10.2 Å². The van der Waals surface area contributed by atoms with Crippen molar-refractivity contribution >= 4 is 22.7 Å². The molecule has 0 amide bonds. The number of hydrogen-bond acceptors (Lipinski definition) is 4. The Morgan fingerprint density at radius 3 is 2.45 bits per heavy atom. The quantitative estimate of drug-likeness (QED) is 0.428. The van der Waals surface area contributed by atoms with Crippen LogP contribution in [0.25, 0.3) is 28.0 Å². The first-order chi connectivity index (χ1) is 16.1. The van der Waals surface area contributed by atoms with Crippen molar-refractivity contribution in [3.63, 3.8) is 0 Å². The minimum absolute atomic E-state index is 0.208. The summed E-state index contributed by atoms with van der Waals surface area (Å²) in [4.78, 5) is 6.75. The monoisotopic (exact) mass is 443 g/mol. The zero-order valence-electron chi connectivity index (χ0n) is 19.2. The first-order valence-corrected chi connectivity index (χ1v) is 11.2. The second-order valence-corrected chi connectivity index (χ2v) is 8.38. The van der Waals surface area contributed by atoms with Gasteiger partial charge in [0, 0.05) is 30.4 Å². The lowest BCUT2D eigenvalue weighted by molar-refractivity contribution is 0.212. The molecular weight excluding hydrogens is 413 g/mol. The van der Waals surface area contributed by atoms with E-state index in [2.05, 4.69) is 69.1 Å². The molecule has 1 saturated heterocycles. The van der Waals surface area contributed by atoms with Crippen molar-refractivity contribution in [2.75, 3.05) is 32.5 Å². The number of fused-ring (bicyclic) bond motifs is 1. The van der Waals surface area contributed by atoms with E-state index in [-0.39, 0.29) is 5.82 Å². The highest BCUT2D eigenvalue weighted by molar-refractivity contribution is 5.88. The molecule has 3 heterocycles. The number of piperidine rings is 1. The van der Waals surface area contributed by atoms with Crippen LogP contribution >= 0.6 is 0 Å². The summed E-state index contributed by atoms with van der Waals surface area (Å²) in [5.41, 5.74) is 3.32. The molecule has 0 aliphatic carbocycles. The SMILES string of the molecule is C=Cc1ccc(F)cc1.CNc1cc2cc(-c3cnn(C4CCN(C)CC4)c3)ccc2cn1. The third-order valence-corrected chi connectivity index (χ3v) is 6.08. The average molecular weight is 444 g/mol. The number of halogens is 1. The van der Waals surface area contributed by atoms with Gasteiger partial charge in [-0.15, -0.1) is 0 Å². The normalized spacial score (nSPS) is 14.5. The van der Waals surface area contributed by atoms with Gasteiger partial charge in [-0.3, -0.25) is 4.68 Å². The minimum Gasteiger partial charge on any atom is -0.373 e. The summed E-state index contributed by atoms with van der Waals surface area (Å²) in [6, 6.07) is 15.3. The van der Waals surface area contributed by atoms with Crippen molar-refractivity contribution in [2.24, 2.45) is 0 Å². The number of anilines is 1. The number of rotatable bonds is 4. The Labute approximate surface area is 194 Å². The van der Waals surface area contributed by atoms with Crippen molar-refractivity contribution in [2.45, 2.75) is 18.9 Å². The van der Waals surface area contributed by atoms with E-state index in [1.165, 1.54) is 41.5 Å². The number of pyridine rings is 1. The maximum Gasteiger partial charge on any atom is 0.126 e. The fraction of sp³-hybridized carbons (Fsp3) is 0.259. The highest BCUT2D eigenvalue weighted by atomic mass is 19.1. The summed E-state index contributed by atoms with van der Waals surface area (Å²) in [6.45, 7) is 5.84. The summed E-state index contributed by atoms with van der Waals surface area (Å²) >= 11 is 0. The van der Waals surface area contributed by atoms with E-state index in [9.17, 15) is 4.39 Å². The van der Waals surface area contributed by atoms with Gasteiger partial charge in [-0.2, -0.15) is 5.10 Å². The molecule has 0 unspecified atom stereocenters. The minimum atomic E-state index is -0.208. The van der Waals surface area contributed by atoms with Crippen molar-refractivity contribution < 1.29 is 4.39 Å². The van der Waals surface area contributed by atoms with Crippen LogP contribution in [0.15, 0.2) is 73.7 Å². The molecule has 33 heavy (non-hydrogen) atoms. The molecule has 4 aromatic rings. The van der Waals surface area contributed by atoms with E-state index >= 15 is 0 Å². The van der Waals surface area contributed by atoms with Crippen LogP contribution in [0.5, 0.6) is 0 Å². The van der Waals surface area contributed by atoms with E-state index in [1.807, 2.05) is 19.4 Å². The molecule has 0 bridgehead atoms. The molecule has 1 N–H and O–H groups in total. The first kappa shape index (κ1) is 22.7. The molecule has 6 heteroatoms. The van der Waals surface area contributed by atoms with Crippen LogP contribution in [0, 0.1) is 5.82 Å². The van der Waals surface area contributed by atoms with E-state index in [0.717, 1.165) is 29.9 Å². The third kappa shape index (κ3) is 5.65. The summed E-state index contributed by atoms with van der Waals surface area (Å²) in [7, 11) is 4.08. The zero-order valence-corrected chi connectivity index (χ0v) is 19.2. The molecule has 1 aliphatic heterocycles. The lowest BCUT2D eigenvalue weighted by Crippen LogP contribution is -2.31. The Kier molecular flexibility index (Phi) is 7.15. The maximum absolute atomic E-state index is 12.2. The summed E-state index contributed by atoms with van der Waals surface area (Å²) in [6.07, 6.45) is 10.1. The molecule has 170 valence electrons. The van der Waals surface area contributed by atoms with Crippen LogP contribution < -0.4 is 5.32 Å². The number of hydrogen-bond donors (Lipinski definition) is 1. The van der Waals surface area contributed by atoms with Gasteiger partial charge in [-0.25, -0.2) is 9.37 Å². The standard InChI is InChI=1S/C19H23N5.C8H7F/c1-20-19-10-16-9-14(3-4-15(16)11-21-19)17-12-22-24(13-17)18-5-7-23(2)8-6-18;1-2-7-3-5-8(9)6-4-7/h3-4,9-13,18H,5-8H2,1-2H3,(H,20,21);2-6H,1H2. The maximum atomic E-state index is 12.2. The predicted molar refractivity (Wildman–Crippen MR) is 135 cm³/mol. The molecule has 0 spiro atoms. The lowest BCUT2D eigenvalue weighted by atomic mass is 10.0. The molecule has 2 aromatic heterocycles. The highest BCUT2D eigenvalue weighted by Crippen LogP contribution is 2.27. The van der Waals surface area contributed by atoms with Crippen LogP contribution in [0.3, 0.4) is 0 Å². The topological polar surface area (TPSA) is 46.0 Å². The van der Waals surface area contributed by atoms with Crippen molar-refractivity contribution in [3.8, 4) is 11.1 Å². The van der Waals surface area contributed by atoms with Crippen molar-refractivity contribution in [1.29, 1.82) is 0 Å². The Morgan fingerprint density at radius 1 is 1.00 bits per heavy atom. The highest BCUT2D eigenvalue weighted by Gasteiger charge is 2.19. The van der Waals surface area contributed by atoms with Gasteiger partial charge in [-0.05, 0) is 73.8 Å². The Hall–Kier alpha value is -3.51. The molecule has 2 aromatic carbocycles. The number of benzene rings is 2. The number of aromatic nitrogens is 3. The Balaban J connectivity index is 0.000000243. The van der Waals surface area contributed by atoms with Crippen molar-refractivity contribution in [3.05, 3.63) is 85.1 Å². The van der Waals surface area contributed by atoms with Gasteiger partial charge in [0.1, 0.15) is 11.6 Å². The number of nitrogens with zero attached hydrogens (tertiary/aromatic N) is 4. The van der Waals surface area contributed by atoms with Gasteiger partial charge in [0.05, 0.1) is 12.2 Å². The van der Waals surface area contributed by atoms with Crippen molar-refractivity contribution in [1.82, 2.24) is 19.7 Å². The molecule has 0 radical (unpaired) electrons. The van der Waals surface area contributed by atoms with E-state index in [1.54, 1.807) is 18.2 Å². The number of nitrogens with one attached hydrogen (secondary N) is 1. The van der Waals surface area contributed by atoms with E-state index < -0.39 is 0 Å². The number of likely N-dealkylation sites (tertiary alicyclic amines) is 1. The molecule has 5 rings (SSSR count). The fourth-order valence-electron chi connectivity index (χ4n) is 4.00. The van der Waals surface area contributed by atoms with Crippen LogP contribution in [0.1, 0.15) is 24.4 Å². The molecule has 1 fully saturated rings. The van der Waals surface area contributed by atoms with E-state index in [0.29, 0.717) is 6.04 Å². The fourth-order valence-corrected chi connectivity index (χ4v) is 4.00. The van der Waals surface area contributed by atoms with Gasteiger partial charge in [0.2, 0.25) is 0 Å². The Morgan fingerprint density at radius 2 is 1.76 bits per heavy atom. The molecular formula is C27H30FN5. The second-order valence-electron chi connectivity index (χ2n) is 8.38.